The van der Waals surface area contributed by atoms with Gasteiger partial charge in [-0.05, 0) is 54.9 Å². The average molecular weight is 635 g/mol. The average Bonchev–Trinajstić information content (AvgIpc) is 3.52. The van der Waals surface area contributed by atoms with Crippen molar-refractivity contribution in [2.45, 2.75) is 32.5 Å². The fourth-order valence-corrected chi connectivity index (χ4v) is 6.68. The Morgan fingerprint density at radius 3 is 2.48 bits per heavy atom. The molecule has 0 spiro atoms. The monoisotopic (exact) mass is 634 g/mol. The lowest BCUT2D eigenvalue weighted by atomic mass is 9.98. The number of fused-ring (bicyclic) bond motifs is 2. The van der Waals surface area contributed by atoms with E-state index in [1.54, 1.807) is 23.1 Å². The minimum atomic E-state index is -0.386. The number of aliphatic hydroxyl groups excluding tert-OH is 1. The van der Waals surface area contributed by atoms with E-state index in [1.807, 2.05) is 49.4 Å². The molecule has 5 aromatic rings. The Balaban J connectivity index is 1.26. The van der Waals surface area contributed by atoms with Gasteiger partial charge in [0.05, 0.1) is 34.1 Å². The van der Waals surface area contributed by atoms with Crippen LogP contribution in [-0.2, 0) is 6.54 Å². The van der Waals surface area contributed by atoms with Crippen molar-refractivity contribution in [2.24, 2.45) is 5.92 Å². The highest BCUT2D eigenvalue weighted by molar-refractivity contribution is 7.20. The summed E-state index contributed by atoms with van der Waals surface area (Å²) >= 11 is 1.31. The van der Waals surface area contributed by atoms with Crippen LogP contribution < -0.4 is 10.1 Å². The minimum absolute atomic E-state index is 0.0676. The number of ether oxygens (including phenoxy) is 1. The van der Waals surface area contributed by atoms with Crippen molar-refractivity contribution in [3.05, 3.63) is 113 Å². The Morgan fingerprint density at radius 2 is 1.74 bits per heavy atom. The third-order valence-corrected chi connectivity index (χ3v) is 9.47. The normalized spacial score (nSPS) is 17.2. The Kier molecular flexibility index (Phi) is 9.44. The maximum atomic E-state index is 13.9. The van der Waals surface area contributed by atoms with Crippen LogP contribution in [0.4, 0.5) is 5.69 Å². The van der Waals surface area contributed by atoms with E-state index in [1.165, 1.54) is 28.0 Å². The molecule has 9 heteroatoms. The molecule has 2 N–H and O–H groups in total. The number of anilines is 1. The molecule has 6 rings (SSSR count). The molecule has 46 heavy (non-hydrogen) atoms. The highest BCUT2D eigenvalue weighted by Gasteiger charge is 2.34. The van der Waals surface area contributed by atoms with E-state index in [4.69, 9.17) is 4.74 Å². The molecule has 0 bridgehead atoms. The number of nitrogens with zero attached hydrogens (tertiary/aromatic N) is 3. The summed E-state index contributed by atoms with van der Waals surface area (Å²) in [6.45, 7) is 5.45. The molecular formula is C37H38N4O4S. The first-order valence-corrected chi connectivity index (χ1v) is 16.3. The van der Waals surface area contributed by atoms with Crippen molar-refractivity contribution in [3.63, 3.8) is 0 Å². The molecule has 2 heterocycles. The van der Waals surface area contributed by atoms with E-state index in [2.05, 4.69) is 65.6 Å². The van der Waals surface area contributed by atoms with Gasteiger partial charge in [0.2, 0.25) is 0 Å². The lowest BCUT2D eigenvalue weighted by molar-refractivity contribution is 0.0343. The molecule has 1 aliphatic rings. The second-order valence-electron chi connectivity index (χ2n) is 12.0. The van der Waals surface area contributed by atoms with Crippen molar-refractivity contribution in [3.8, 4) is 16.9 Å². The zero-order valence-corrected chi connectivity index (χ0v) is 27.0. The molecule has 4 aromatic carbocycles. The van der Waals surface area contributed by atoms with Crippen LogP contribution in [0, 0.1) is 5.92 Å². The van der Waals surface area contributed by atoms with Gasteiger partial charge in [-0.1, -0.05) is 79.7 Å². The van der Waals surface area contributed by atoms with Gasteiger partial charge in [-0.25, -0.2) is 4.98 Å². The molecule has 0 unspecified atom stereocenters. The predicted octanol–water partition coefficient (Wildman–Crippen LogP) is 6.57. The highest BCUT2D eigenvalue weighted by atomic mass is 32.1. The van der Waals surface area contributed by atoms with E-state index < -0.39 is 0 Å². The number of carbonyl (C=O) groups excluding carboxylic acids is 2. The van der Waals surface area contributed by atoms with Crippen molar-refractivity contribution < 1.29 is 19.4 Å². The van der Waals surface area contributed by atoms with Gasteiger partial charge in [0, 0.05) is 25.6 Å². The second-order valence-corrected chi connectivity index (χ2v) is 13.0. The largest absolute Gasteiger partial charge is 0.486 e. The summed E-state index contributed by atoms with van der Waals surface area (Å²) in [5.41, 5.74) is 5.04. The lowest BCUT2D eigenvalue weighted by Crippen LogP contribution is -2.49. The van der Waals surface area contributed by atoms with Crippen LogP contribution in [0.25, 0.3) is 21.3 Å². The Bertz CT molecular complexity index is 1790. The molecule has 0 fully saturated rings. The van der Waals surface area contributed by atoms with Gasteiger partial charge in [-0.2, -0.15) is 0 Å². The summed E-state index contributed by atoms with van der Waals surface area (Å²) in [6.07, 6.45) is -0.311. The van der Waals surface area contributed by atoms with E-state index >= 15 is 0 Å². The number of likely N-dealkylation sites (N-methyl/N-ethyl adjacent to an activating group) is 1. The van der Waals surface area contributed by atoms with Gasteiger partial charge in [-0.15, -0.1) is 11.3 Å². The van der Waals surface area contributed by atoms with E-state index in [0.717, 1.165) is 10.2 Å². The summed E-state index contributed by atoms with van der Waals surface area (Å²) in [5, 5.41) is 13.3. The van der Waals surface area contributed by atoms with Crippen LogP contribution in [-0.4, -0.2) is 70.6 Å². The highest BCUT2D eigenvalue weighted by Crippen LogP contribution is 2.36. The van der Waals surface area contributed by atoms with Crippen LogP contribution >= 0.6 is 11.3 Å². The van der Waals surface area contributed by atoms with Gasteiger partial charge in [-0.3, -0.25) is 14.5 Å². The van der Waals surface area contributed by atoms with E-state index in [-0.39, 0.29) is 36.5 Å². The van der Waals surface area contributed by atoms with Gasteiger partial charge in [0.15, 0.2) is 10.8 Å². The first-order chi connectivity index (χ1) is 22.3. The minimum Gasteiger partial charge on any atom is -0.486 e. The Labute approximate surface area is 273 Å². The number of hydrogen-bond acceptors (Lipinski definition) is 7. The number of para-hydroxylation sites is 2. The Morgan fingerprint density at radius 1 is 1.02 bits per heavy atom. The van der Waals surface area contributed by atoms with Crippen LogP contribution in [0.3, 0.4) is 0 Å². The first-order valence-electron chi connectivity index (χ1n) is 15.5. The topological polar surface area (TPSA) is 95.0 Å². The standard InChI is InChI=1S/C37H38N4O4S/c1-24-20-41(25(2)23-42)37(44)29-12-9-14-31(38-35(43)36-39-30-13-7-8-15-33(30)46-36)34(29)45-32(24)22-40(3)21-26-16-18-28(19-17-26)27-10-5-4-6-11-27/h4-19,24-25,32,42H,20-23H2,1-3H3,(H,38,43)/t24-,25+,32-/m1/s1. The molecule has 2 amide bonds. The SMILES string of the molecule is C[C@@H]1CN([C@@H](C)CO)C(=O)c2cccc(NC(=O)c3nc4ccccc4s3)c2O[C@@H]1CN(C)Cc1ccc(-c2ccccc2)cc1. The number of amides is 2. The number of benzene rings is 4. The van der Waals surface area contributed by atoms with E-state index in [9.17, 15) is 14.7 Å². The molecular weight excluding hydrogens is 596 g/mol. The quantitative estimate of drug-likeness (QED) is 0.191. The summed E-state index contributed by atoms with van der Waals surface area (Å²) in [7, 11) is 2.06. The van der Waals surface area contributed by atoms with Crippen molar-refractivity contribution >= 4 is 39.1 Å². The first kappa shape index (κ1) is 31.4. The summed E-state index contributed by atoms with van der Waals surface area (Å²) in [5.74, 6) is -0.352. The predicted molar refractivity (Wildman–Crippen MR) is 183 cm³/mol. The smallest absolute Gasteiger partial charge is 0.284 e. The van der Waals surface area contributed by atoms with Crippen LogP contribution in [0.15, 0.2) is 97.1 Å². The number of thiazole rings is 1. The maximum Gasteiger partial charge on any atom is 0.284 e. The van der Waals surface area contributed by atoms with Crippen molar-refractivity contribution in [1.29, 1.82) is 0 Å². The van der Waals surface area contributed by atoms with Crippen molar-refractivity contribution in [1.82, 2.24) is 14.8 Å². The van der Waals surface area contributed by atoms with Gasteiger partial charge in [0.25, 0.3) is 11.8 Å². The molecule has 0 radical (unpaired) electrons. The van der Waals surface area contributed by atoms with Crippen LogP contribution in [0.1, 0.15) is 39.6 Å². The molecule has 3 atom stereocenters. The van der Waals surface area contributed by atoms with E-state index in [0.29, 0.717) is 41.6 Å². The summed E-state index contributed by atoms with van der Waals surface area (Å²) in [6, 6.07) is 31.3. The molecule has 8 nitrogen and oxygen atoms in total. The second kappa shape index (κ2) is 13.8. The zero-order valence-electron chi connectivity index (χ0n) is 26.2. The molecule has 0 saturated carbocycles. The number of aliphatic hydroxyl groups is 1. The number of rotatable bonds is 9. The number of aromatic nitrogens is 1. The van der Waals surface area contributed by atoms with Gasteiger partial charge >= 0.3 is 0 Å². The summed E-state index contributed by atoms with van der Waals surface area (Å²) < 4.78 is 7.63. The fraction of sp³-hybridized carbons (Fsp3) is 0.270. The zero-order chi connectivity index (χ0) is 32.2. The number of hydrogen-bond donors (Lipinski definition) is 2. The number of carbonyl (C=O) groups is 2. The molecule has 236 valence electrons. The Hall–Kier alpha value is -4.57. The molecule has 1 aromatic heterocycles. The third-order valence-electron chi connectivity index (χ3n) is 8.43. The van der Waals surface area contributed by atoms with Gasteiger partial charge < -0.3 is 20.1 Å². The molecule has 1 aliphatic heterocycles. The fourth-order valence-electron chi connectivity index (χ4n) is 5.82. The molecule has 0 aliphatic carbocycles. The number of nitrogens with one attached hydrogen (secondary N) is 1. The van der Waals surface area contributed by atoms with Crippen LogP contribution in [0.2, 0.25) is 0 Å². The third kappa shape index (κ3) is 6.82. The lowest BCUT2D eigenvalue weighted by Gasteiger charge is -2.38. The van der Waals surface area contributed by atoms with Gasteiger partial charge in [0.1, 0.15) is 6.10 Å². The van der Waals surface area contributed by atoms with Crippen LogP contribution in [0.5, 0.6) is 5.75 Å². The molecule has 0 saturated heterocycles. The van der Waals surface area contributed by atoms with Crippen molar-refractivity contribution in [2.75, 3.05) is 32.1 Å². The summed E-state index contributed by atoms with van der Waals surface area (Å²) in [4.78, 5) is 35.7. The maximum absolute atomic E-state index is 13.9.